The minimum absolute atomic E-state index is 0. The van der Waals surface area contributed by atoms with Crippen molar-refractivity contribution < 1.29 is 13.9 Å². The summed E-state index contributed by atoms with van der Waals surface area (Å²) in [6.07, 6.45) is 0.867. The lowest BCUT2D eigenvalue weighted by molar-refractivity contribution is -0.118. The number of nitrogens with one attached hydrogen (secondary N) is 2. The summed E-state index contributed by atoms with van der Waals surface area (Å²) in [6.45, 7) is 7.16. The van der Waals surface area contributed by atoms with E-state index in [4.69, 9.17) is 4.74 Å². The van der Waals surface area contributed by atoms with E-state index >= 15 is 0 Å². The zero-order chi connectivity index (χ0) is 19.6. The Labute approximate surface area is 172 Å². The molecule has 0 saturated carbocycles. The molecule has 0 spiro atoms. The zero-order valence-electron chi connectivity index (χ0n) is 16.8. The highest BCUT2D eigenvalue weighted by Crippen LogP contribution is 2.29. The predicted octanol–water partition coefficient (Wildman–Crippen LogP) is 4.52. The van der Waals surface area contributed by atoms with E-state index < -0.39 is 6.04 Å². The number of fused-ring (bicyclic) bond motifs is 1. The van der Waals surface area contributed by atoms with Crippen LogP contribution < -0.4 is 10.6 Å². The maximum atomic E-state index is 14.4. The van der Waals surface area contributed by atoms with Gasteiger partial charge in [-0.05, 0) is 46.2 Å². The lowest BCUT2D eigenvalue weighted by Crippen LogP contribution is -2.38. The molecule has 2 aromatic carbocycles. The second-order valence-corrected chi connectivity index (χ2v) is 8.04. The van der Waals surface area contributed by atoms with Crippen LogP contribution in [0.3, 0.4) is 0 Å². The van der Waals surface area contributed by atoms with Crippen LogP contribution >= 0.6 is 12.4 Å². The van der Waals surface area contributed by atoms with Crippen molar-refractivity contribution in [1.82, 2.24) is 5.32 Å². The van der Waals surface area contributed by atoms with Gasteiger partial charge in [0.1, 0.15) is 11.9 Å². The molecule has 0 fully saturated rings. The number of carbonyl (C=O) groups excluding carboxylic acids is 1. The van der Waals surface area contributed by atoms with E-state index in [-0.39, 0.29) is 29.5 Å². The topological polar surface area (TPSA) is 50.4 Å². The van der Waals surface area contributed by atoms with Gasteiger partial charge in [0.15, 0.2) is 0 Å². The molecule has 1 atom stereocenters. The summed E-state index contributed by atoms with van der Waals surface area (Å²) in [4.78, 5) is 12.8. The molecular weight excluding hydrogens is 379 g/mol. The molecule has 3 rings (SSSR count). The molecule has 0 bridgehead atoms. The van der Waals surface area contributed by atoms with Gasteiger partial charge in [0, 0.05) is 19.3 Å². The van der Waals surface area contributed by atoms with E-state index in [1.165, 1.54) is 6.07 Å². The van der Waals surface area contributed by atoms with Gasteiger partial charge in [0.2, 0.25) is 5.91 Å². The Hall–Kier alpha value is -1.95. The first kappa shape index (κ1) is 22.3. The number of carbonyl (C=O) groups is 1. The Balaban J connectivity index is 0.00000280. The molecule has 2 aromatic rings. The molecule has 2 N–H and O–H groups in total. The van der Waals surface area contributed by atoms with Gasteiger partial charge < -0.3 is 15.4 Å². The Morgan fingerprint density at radius 2 is 2.00 bits per heavy atom. The number of amides is 1. The van der Waals surface area contributed by atoms with Gasteiger partial charge in [0.05, 0.1) is 6.61 Å². The van der Waals surface area contributed by atoms with Crippen LogP contribution in [0.25, 0.3) is 0 Å². The lowest BCUT2D eigenvalue weighted by atomic mass is 9.86. The number of hydrogen-bond donors (Lipinski definition) is 2. The molecule has 1 amide bonds. The van der Waals surface area contributed by atoms with Gasteiger partial charge in [-0.15, -0.1) is 12.4 Å². The third-order valence-corrected chi connectivity index (χ3v) is 4.88. The number of methoxy groups -OCH3 is 1. The second kappa shape index (κ2) is 9.03. The highest BCUT2D eigenvalue weighted by Gasteiger charge is 2.27. The van der Waals surface area contributed by atoms with Crippen LogP contribution in [0.4, 0.5) is 10.1 Å². The van der Waals surface area contributed by atoms with Gasteiger partial charge in [-0.3, -0.25) is 4.79 Å². The van der Waals surface area contributed by atoms with Crippen LogP contribution in [0, 0.1) is 5.82 Å². The van der Waals surface area contributed by atoms with Crippen LogP contribution in [-0.4, -0.2) is 19.6 Å². The Morgan fingerprint density at radius 3 is 2.64 bits per heavy atom. The second-order valence-electron chi connectivity index (χ2n) is 8.04. The fraction of sp³-hybridized carbons (Fsp3) is 0.409. The van der Waals surface area contributed by atoms with Crippen molar-refractivity contribution in [3.63, 3.8) is 0 Å². The first-order valence-electron chi connectivity index (χ1n) is 9.24. The molecule has 1 aliphatic heterocycles. The summed E-state index contributed by atoms with van der Waals surface area (Å²) >= 11 is 0. The fourth-order valence-corrected chi connectivity index (χ4v) is 3.52. The minimum atomic E-state index is -0.448. The van der Waals surface area contributed by atoms with Gasteiger partial charge in [0.25, 0.3) is 0 Å². The molecule has 1 unspecified atom stereocenters. The molecular formula is C22H28ClFN2O2. The molecule has 1 heterocycles. The number of hydrogen-bond acceptors (Lipinski definition) is 3. The van der Waals surface area contributed by atoms with Crippen molar-refractivity contribution in [2.75, 3.05) is 19.0 Å². The molecule has 0 saturated heterocycles. The summed E-state index contributed by atoms with van der Waals surface area (Å²) in [6, 6.07) is 10.5. The average Bonchev–Trinajstić information content (AvgIpc) is 2.60. The first-order chi connectivity index (χ1) is 12.8. The van der Waals surface area contributed by atoms with Gasteiger partial charge in [-0.25, -0.2) is 4.39 Å². The zero-order valence-corrected chi connectivity index (χ0v) is 17.6. The maximum absolute atomic E-state index is 14.4. The molecule has 28 heavy (non-hydrogen) atoms. The summed E-state index contributed by atoms with van der Waals surface area (Å²) in [7, 11) is 1.67. The fourth-order valence-electron chi connectivity index (χ4n) is 3.52. The van der Waals surface area contributed by atoms with Crippen LogP contribution in [-0.2, 0) is 28.0 Å². The third kappa shape index (κ3) is 4.90. The van der Waals surface area contributed by atoms with E-state index in [1.807, 2.05) is 32.9 Å². The molecule has 4 nitrogen and oxygen atoms in total. The van der Waals surface area contributed by atoms with Crippen molar-refractivity contribution in [2.45, 2.75) is 45.3 Å². The van der Waals surface area contributed by atoms with Crippen LogP contribution in [0.15, 0.2) is 36.4 Å². The summed E-state index contributed by atoms with van der Waals surface area (Å²) in [5.41, 5.74) is 4.03. The summed E-state index contributed by atoms with van der Waals surface area (Å²) in [5.74, 6) is -0.486. The smallest absolute Gasteiger partial charge is 0.246 e. The van der Waals surface area contributed by atoms with Crippen molar-refractivity contribution in [3.05, 3.63) is 64.5 Å². The molecule has 1 aliphatic rings. The van der Waals surface area contributed by atoms with Crippen molar-refractivity contribution in [2.24, 2.45) is 0 Å². The molecule has 0 radical (unpaired) electrons. The van der Waals surface area contributed by atoms with Gasteiger partial charge >= 0.3 is 0 Å². The summed E-state index contributed by atoms with van der Waals surface area (Å²) in [5, 5.41) is 6.11. The summed E-state index contributed by atoms with van der Waals surface area (Å²) < 4.78 is 19.6. The number of anilines is 1. The van der Waals surface area contributed by atoms with Gasteiger partial charge in [-0.1, -0.05) is 45.0 Å². The van der Waals surface area contributed by atoms with Crippen LogP contribution in [0.1, 0.15) is 49.1 Å². The normalized spacial score (nSPS) is 16.1. The number of rotatable bonds is 4. The minimum Gasteiger partial charge on any atom is -0.380 e. The van der Waals surface area contributed by atoms with Crippen molar-refractivity contribution in [3.8, 4) is 0 Å². The predicted molar refractivity (Wildman–Crippen MR) is 113 cm³/mol. The lowest BCUT2D eigenvalue weighted by Gasteiger charge is -2.27. The Kier molecular flexibility index (Phi) is 7.21. The monoisotopic (exact) mass is 406 g/mol. The Morgan fingerprint density at radius 1 is 1.25 bits per heavy atom. The van der Waals surface area contributed by atoms with Gasteiger partial charge in [-0.2, -0.15) is 0 Å². The highest BCUT2D eigenvalue weighted by molar-refractivity contribution is 5.96. The average molecular weight is 407 g/mol. The van der Waals surface area contributed by atoms with E-state index in [9.17, 15) is 9.18 Å². The molecule has 0 aliphatic carbocycles. The SMILES string of the molecule is COCc1ccc2c(c1)CCNC2C(=O)Nc1ccc(C(C)(C)C)c(F)c1.Cl. The number of benzene rings is 2. The van der Waals surface area contributed by atoms with Crippen molar-refractivity contribution in [1.29, 1.82) is 0 Å². The standard InChI is InChI=1S/C22H27FN2O2.ClH/c1-22(2,3)18-8-6-16(12-19(18)23)25-21(26)20-17-7-5-14(13-27-4)11-15(17)9-10-24-20;/h5-8,11-12,20,24H,9-10,13H2,1-4H3,(H,25,26);1H. The number of ether oxygens (including phenoxy) is 1. The van der Waals surface area contributed by atoms with E-state index in [0.717, 1.165) is 29.7 Å². The van der Waals surface area contributed by atoms with E-state index in [0.29, 0.717) is 17.9 Å². The maximum Gasteiger partial charge on any atom is 0.246 e. The van der Waals surface area contributed by atoms with E-state index in [1.54, 1.807) is 19.2 Å². The quantitative estimate of drug-likeness (QED) is 0.785. The van der Waals surface area contributed by atoms with Crippen LogP contribution in [0.2, 0.25) is 0 Å². The first-order valence-corrected chi connectivity index (χ1v) is 9.24. The molecule has 6 heteroatoms. The van der Waals surface area contributed by atoms with Crippen LogP contribution in [0.5, 0.6) is 0 Å². The largest absolute Gasteiger partial charge is 0.380 e. The number of halogens is 2. The van der Waals surface area contributed by atoms with E-state index in [2.05, 4.69) is 16.7 Å². The van der Waals surface area contributed by atoms with Crippen molar-refractivity contribution >= 4 is 24.0 Å². The molecule has 152 valence electrons. The molecule has 0 aromatic heterocycles. The Bertz CT molecular complexity index is 849. The highest BCUT2D eigenvalue weighted by atomic mass is 35.5. The third-order valence-electron chi connectivity index (χ3n) is 4.88.